The lowest BCUT2D eigenvalue weighted by molar-refractivity contribution is 0.0557. The molecule has 0 aliphatic carbocycles. The number of aliphatic hydroxyl groups is 1. The van der Waals surface area contributed by atoms with Gasteiger partial charge in [0.25, 0.3) is 5.91 Å². The van der Waals surface area contributed by atoms with Crippen LogP contribution in [0.5, 0.6) is 0 Å². The molecule has 0 fully saturated rings. The van der Waals surface area contributed by atoms with Gasteiger partial charge in [-0.25, -0.2) is 0 Å². The van der Waals surface area contributed by atoms with Crippen LogP contribution in [0.1, 0.15) is 22.2 Å². The highest BCUT2D eigenvalue weighted by Gasteiger charge is 2.26. The minimum absolute atomic E-state index is 0.130. The Bertz CT molecular complexity index is 827. The third-order valence-corrected chi connectivity index (χ3v) is 5.32. The molecule has 1 unspecified atom stereocenters. The first-order valence-electron chi connectivity index (χ1n) is 7.06. The lowest BCUT2D eigenvalue weighted by Crippen LogP contribution is -2.38. The van der Waals surface area contributed by atoms with Gasteiger partial charge in [0.05, 0.1) is 12.1 Å². The molecule has 118 valence electrons. The molecule has 1 amide bonds. The average molecular weight is 391 g/mol. The summed E-state index contributed by atoms with van der Waals surface area (Å²) >= 11 is 4.82. The Morgan fingerprint density at radius 1 is 1.35 bits per heavy atom. The topological polar surface area (TPSA) is 62.2 Å². The van der Waals surface area contributed by atoms with Crippen molar-refractivity contribution >= 4 is 43.3 Å². The number of pyridine rings is 1. The molecular formula is C17H15BrN2O2S. The van der Waals surface area contributed by atoms with E-state index in [1.807, 2.05) is 30.3 Å². The normalized spacial score (nSPS) is 13.7. The summed E-state index contributed by atoms with van der Waals surface area (Å²) in [5, 5.41) is 14.6. The van der Waals surface area contributed by atoms with Gasteiger partial charge < -0.3 is 10.4 Å². The molecule has 0 bridgehead atoms. The second-order valence-electron chi connectivity index (χ2n) is 5.50. The van der Waals surface area contributed by atoms with Gasteiger partial charge in [0, 0.05) is 26.4 Å². The molecule has 0 saturated carbocycles. The fraction of sp³-hybridized carbons (Fsp3) is 0.176. The number of nitrogens with zero attached hydrogens (tertiary/aromatic N) is 1. The zero-order chi connectivity index (χ0) is 16.4. The SMILES string of the molecule is CC(O)(CNC(=O)c1cncc(Br)c1)c1cc2ccccc2s1. The van der Waals surface area contributed by atoms with Crippen LogP contribution in [0, 0.1) is 0 Å². The van der Waals surface area contributed by atoms with E-state index in [4.69, 9.17) is 0 Å². The molecule has 6 heteroatoms. The number of thiophene rings is 1. The zero-order valence-electron chi connectivity index (χ0n) is 12.4. The summed E-state index contributed by atoms with van der Waals surface area (Å²) in [4.78, 5) is 17.0. The molecule has 0 spiro atoms. The number of fused-ring (bicyclic) bond motifs is 1. The minimum atomic E-state index is -1.13. The van der Waals surface area contributed by atoms with Crippen LogP contribution in [0.25, 0.3) is 10.1 Å². The van der Waals surface area contributed by atoms with Crippen molar-refractivity contribution in [3.63, 3.8) is 0 Å². The van der Waals surface area contributed by atoms with Gasteiger partial charge in [-0.05, 0) is 46.4 Å². The zero-order valence-corrected chi connectivity index (χ0v) is 14.8. The summed E-state index contributed by atoms with van der Waals surface area (Å²) in [5.74, 6) is -0.264. The van der Waals surface area contributed by atoms with Crippen LogP contribution < -0.4 is 5.32 Å². The number of hydrogen-bond acceptors (Lipinski definition) is 4. The standard InChI is InChI=1S/C17H15BrN2O2S/c1-17(22,15-7-11-4-2-3-5-14(11)23-15)10-20-16(21)12-6-13(18)9-19-8-12/h2-9,22H,10H2,1H3,(H,20,21). The molecule has 3 aromatic rings. The van der Waals surface area contributed by atoms with Crippen molar-refractivity contribution in [2.24, 2.45) is 0 Å². The molecule has 2 aromatic heterocycles. The number of carbonyl (C=O) groups excluding carboxylic acids is 1. The van der Waals surface area contributed by atoms with Crippen molar-refractivity contribution in [2.45, 2.75) is 12.5 Å². The van der Waals surface area contributed by atoms with E-state index in [2.05, 4.69) is 26.2 Å². The molecule has 0 aliphatic heterocycles. The van der Waals surface area contributed by atoms with Gasteiger partial charge >= 0.3 is 0 Å². The van der Waals surface area contributed by atoms with Crippen molar-refractivity contribution in [1.82, 2.24) is 10.3 Å². The number of benzene rings is 1. The first-order valence-corrected chi connectivity index (χ1v) is 8.67. The van der Waals surface area contributed by atoms with E-state index in [-0.39, 0.29) is 12.5 Å². The summed E-state index contributed by atoms with van der Waals surface area (Å²) < 4.78 is 1.85. The van der Waals surface area contributed by atoms with Crippen LogP contribution >= 0.6 is 27.3 Å². The first kappa shape index (κ1) is 16.1. The number of aromatic nitrogens is 1. The van der Waals surface area contributed by atoms with Gasteiger partial charge in [-0.15, -0.1) is 11.3 Å². The Morgan fingerprint density at radius 2 is 2.13 bits per heavy atom. The molecule has 0 saturated heterocycles. The fourth-order valence-corrected chi connectivity index (χ4v) is 3.70. The van der Waals surface area contributed by atoms with Crippen molar-refractivity contribution < 1.29 is 9.90 Å². The summed E-state index contributed by atoms with van der Waals surface area (Å²) in [6.07, 6.45) is 3.11. The molecule has 3 rings (SSSR count). The second-order valence-corrected chi connectivity index (χ2v) is 7.50. The smallest absolute Gasteiger partial charge is 0.252 e. The molecule has 2 heterocycles. The first-order chi connectivity index (χ1) is 11.0. The summed E-state index contributed by atoms with van der Waals surface area (Å²) in [6.45, 7) is 1.84. The van der Waals surface area contributed by atoms with Crippen molar-refractivity contribution in [3.05, 3.63) is 63.7 Å². The molecule has 2 N–H and O–H groups in total. The maximum atomic E-state index is 12.2. The molecule has 0 aliphatic rings. The maximum absolute atomic E-state index is 12.2. The van der Waals surface area contributed by atoms with Crippen molar-refractivity contribution in [3.8, 4) is 0 Å². The fourth-order valence-electron chi connectivity index (χ4n) is 2.22. The predicted octanol–water partition coefficient (Wildman–Crippen LogP) is 3.70. The number of amides is 1. The predicted molar refractivity (Wildman–Crippen MR) is 95.7 cm³/mol. The Balaban J connectivity index is 1.74. The molecule has 1 aromatic carbocycles. The highest BCUT2D eigenvalue weighted by atomic mass is 79.9. The molecule has 1 atom stereocenters. The maximum Gasteiger partial charge on any atom is 0.252 e. The molecule has 0 radical (unpaired) electrons. The molecule has 4 nitrogen and oxygen atoms in total. The third-order valence-electron chi connectivity index (χ3n) is 3.52. The third kappa shape index (κ3) is 3.60. The number of nitrogens with one attached hydrogen (secondary N) is 1. The van der Waals surface area contributed by atoms with Crippen LogP contribution in [0.3, 0.4) is 0 Å². The van der Waals surface area contributed by atoms with E-state index in [1.54, 1.807) is 19.2 Å². The number of rotatable bonds is 4. The Kier molecular flexibility index (Phi) is 4.48. The molecule has 23 heavy (non-hydrogen) atoms. The van der Waals surface area contributed by atoms with Crippen LogP contribution in [0.4, 0.5) is 0 Å². The van der Waals surface area contributed by atoms with Crippen molar-refractivity contribution in [1.29, 1.82) is 0 Å². The monoisotopic (exact) mass is 390 g/mol. The highest BCUT2D eigenvalue weighted by molar-refractivity contribution is 9.10. The van der Waals surface area contributed by atoms with Gasteiger partial charge in [-0.3, -0.25) is 9.78 Å². The quantitative estimate of drug-likeness (QED) is 0.713. The minimum Gasteiger partial charge on any atom is -0.383 e. The van der Waals surface area contributed by atoms with E-state index >= 15 is 0 Å². The van der Waals surface area contributed by atoms with Gasteiger partial charge in [-0.2, -0.15) is 0 Å². The van der Waals surface area contributed by atoms with Crippen LogP contribution in [-0.2, 0) is 5.60 Å². The number of halogens is 1. The number of carbonyl (C=O) groups is 1. The van der Waals surface area contributed by atoms with Crippen molar-refractivity contribution in [2.75, 3.05) is 6.54 Å². The van der Waals surface area contributed by atoms with Crippen LogP contribution in [0.15, 0.2) is 53.3 Å². The van der Waals surface area contributed by atoms with E-state index in [0.717, 1.165) is 19.4 Å². The Labute approximate surface area is 146 Å². The van der Waals surface area contributed by atoms with Crippen LogP contribution in [0.2, 0.25) is 0 Å². The van der Waals surface area contributed by atoms with Crippen LogP contribution in [-0.4, -0.2) is 22.5 Å². The molecular weight excluding hydrogens is 376 g/mol. The summed E-state index contributed by atoms with van der Waals surface area (Å²) in [6, 6.07) is 11.6. The summed E-state index contributed by atoms with van der Waals surface area (Å²) in [5.41, 5.74) is -0.676. The largest absolute Gasteiger partial charge is 0.383 e. The van der Waals surface area contributed by atoms with E-state index in [9.17, 15) is 9.90 Å². The average Bonchev–Trinajstić information content (AvgIpc) is 2.97. The highest BCUT2D eigenvalue weighted by Crippen LogP contribution is 2.32. The summed E-state index contributed by atoms with van der Waals surface area (Å²) in [7, 11) is 0. The van der Waals surface area contributed by atoms with E-state index < -0.39 is 5.60 Å². The van der Waals surface area contributed by atoms with Gasteiger partial charge in [0.1, 0.15) is 5.60 Å². The van der Waals surface area contributed by atoms with Gasteiger partial charge in [0.15, 0.2) is 0 Å². The van der Waals surface area contributed by atoms with Gasteiger partial charge in [-0.1, -0.05) is 18.2 Å². The second kappa shape index (κ2) is 6.39. The lowest BCUT2D eigenvalue weighted by Gasteiger charge is -2.22. The van der Waals surface area contributed by atoms with Gasteiger partial charge in [0.2, 0.25) is 0 Å². The lowest BCUT2D eigenvalue weighted by atomic mass is 10.0. The number of hydrogen-bond donors (Lipinski definition) is 2. The van der Waals surface area contributed by atoms with E-state index in [1.165, 1.54) is 17.5 Å². The Hall–Kier alpha value is -1.76. The Morgan fingerprint density at radius 3 is 2.87 bits per heavy atom. The van der Waals surface area contributed by atoms with E-state index in [0.29, 0.717) is 5.56 Å².